The topological polar surface area (TPSA) is 61.8 Å². The number of rotatable bonds is 7. The van der Waals surface area contributed by atoms with Gasteiger partial charge in [0.1, 0.15) is 22.5 Å². The first kappa shape index (κ1) is 18.3. The highest BCUT2D eigenvalue weighted by Gasteiger charge is 2.17. The Kier molecular flexibility index (Phi) is 5.17. The zero-order chi connectivity index (χ0) is 19.5. The van der Waals surface area contributed by atoms with E-state index in [4.69, 9.17) is 18.3 Å². The molecule has 0 unspecified atom stereocenters. The van der Waals surface area contributed by atoms with Gasteiger partial charge < -0.3 is 18.3 Å². The average Bonchev–Trinajstić information content (AvgIpc) is 3.05. The summed E-state index contributed by atoms with van der Waals surface area (Å²) in [5, 5.41) is 1.36. The lowest BCUT2D eigenvalue weighted by atomic mass is 10.1. The van der Waals surface area contributed by atoms with Gasteiger partial charge in [0.25, 0.3) is 0 Å². The van der Waals surface area contributed by atoms with Crippen molar-refractivity contribution in [1.82, 2.24) is 0 Å². The number of para-hydroxylation sites is 1. The van der Waals surface area contributed by atoms with E-state index in [2.05, 4.69) is 0 Å². The van der Waals surface area contributed by atoms with Crippen LogP contribution in [0.1, 0.15) is 23.3 Å². The molecule has 2 heterocycles. The van der Waals surface area contributed by atoms with Crippen molar-refractivity contribution in [2.24, 2.45) is 0 Å². The minimum Gasteiger partial charge on any atom is -0.497 e. The monoisotopic (exact) mass is 378 g/mol. The molecule has 0 spiro atoms. The van der Waals surface area contributed by atoms with Crippen LogP contribution in [0.4, 0.5) is 0 Å². The van der Waals surface area contributed by atoms with Crippen molar-refractivity contribution in [2.75, 3.05) is 13.7 Å². The molecule has 0 radical (unpaired) electrons. The zero-order valence-corrected chi connectivity index (χ0v) is 16.0. The molecule has 0 N–H and O–H groups in total. The quantitative estimate of drug-likeness (QED) is 0.334. The van der Waals surface area contributed by atoms with Crippen molar-refractivity contribution < 1.29 is 18.3 Å². The molecule has 0 fully saturated rings. The van der Waals surface area contributed by atoms with Gasteiger partial charge in [-0.3, -0.25) is 0 Å². The first-order valence-corrected chi connectivity index (χ1v) is 9.32. The Hall–Kier alpha value is -3.05. The molecule has 0 saturated heterocycles. The molecule has 2 aromatic heterocycles. The standard InChI is InChI=1S/C23H22O5/c1-15-19(8-5-13-26-14-16-9-11-17(25-2)12-10-16)27-22-18-6-3-4-7-20(18)28-23(24)21(15)22/h3-4,6-7,9-12H,5,8,13-14H2,1-2H3. The summed E-state index contributed by atoms with van der Waals surface area (Å²) in [6, 6.07) is 15.3. The number of hydrogen-bond acceptors (Lipinski definition) is 5. The number of ether oxygens (including phenoxy) is 2. The predicted molar refractivity (Wildman–Crippen MR) is 108 cm³/mol. The number of benzene rings is 2. The molecular formula is C23H22O5. The summed E-state index contributed by atoms with van der Waals surface area (Å²) >= 11 is 0. The van der Waals surface area contributed by atoms with Crippen molar-refractivity contribution in [3.8, 4) is 5.75 Å². The lowest BCUT2D eigenvalue weighted by Gasteiger charge is -2.05. The number of furan rings is 1. The minimum atomic E-state index is -0.350. The molecular weight excluding hydrogens is 356 g/mol. The molecule has 0 saturated carbocycles. The molecule has 0 aliphatic heterocycles. The van der Waals surface area contributed by atoms with E-state index < -0.39 is 0 Å². The van der Waals surface area contributed by atoms with Crippen LogP contribution < -0.4 is 10.4 Å². The van der Waals surface area contributed by atoms with Crippen molar-refractivity contribution in [1.29, 1.82) is 0 Å². The normalized spacial score (nSPS) is 11.4. The fourth-order valence-electron chi connectivity index (χ4n) is 3.38. The van der Waals surface area contributed by atoms with E-state index in [1.54, 1.807) is 13.2 Å². The van der Waals surface area contributed by atoms with Crippen molar-refractivity contribution in [2.45, 2.75) is 26.4 Å². The molecule has 5 heteroatoms. The molecule has 0 bridgehead atoms. The van der Waals surface area contributed by atoms with Crippen LogP contribution >= 0.6 is 0 Å². The Balaban J connectivity index is 1.42. The molecule has 0 aliphatic rings. The Morgan fingerprint density at radius 3 is 2.57 bits per heavy atom. The van der Waals surface area contributed by atoms with Gasteiger partial charge in [0.2, 0.25) is 0 Å². The Morgan fingerprint density at radius 2 is 1.79 bits per heavy atom. The Labute approximate surface area is 162 Å². The highest BCUT2D eigenvalue weighted by Crippen LogP contribution is 2.29. The van der Waals surface area contributed by atoms with Gasteiger partial charge in [-0.2, -0.15) is 0 Å². The first-order chi connectivity index (χ1) is 13.7. The second-order valence-electron chi connectivity index (χ2n) is 6.74. The zero-order valence-electron chi connectivity index (χ0n) is 16.0. The summed E-state index contributed by atoms with van der Waals surface area (Å²) in [6.07, 6.45) is 1.51. The van der Waals surface area contributed by atoms with Crippen LogP contribution in [0.25, 0.3) is 21.9 Å². The molecule has 2 aromatic carbocycles. The number of hydrogen-bond donors (Lipinski definition) is 0. The Morgan fingerprint density at radius 1 is 1.00 bits per heavy atom. The third-order valence-corrected chi connectivity index (χ3v) is 4.90. The summed E-state index contributed by atoms with van der Waals surface area (Å²) in [5.74, 6) is 1.65. The smallest absolute Gasteiger partial charge is 0.347 e. The minimum absolute atomic E-state index is 0.350. The largest absolute Gasteiger partial charge is 0.497 e. The molecule has 4 rings (SSSR count). The van der Waals surface area contributed by atoms with E-state index in [0.29, 0.717) is 36.2 Å². The molecule has 0 atom stereocenters. The van der Waals surface area contributed by atoms with Crippen LogP contribution in [0.15, 0.2) is 62.2 Å². The maximum absolute atomic E-state index is 12.3. The molecule has 5 nitrogen and oxygen atoms in total. The van der Waals surface area contributed by atoms with Crippen molar-refractivity contribution in [3.63, 3.8) is 0 Å². The van der Waals surface area contributed by atoms with Crippen molar-refractivity contribution in [3.05, 3.63) is 75.8 Å². The highest BCUT2D eigenvalue weighted by molar-refractivity contribution is 6.02. The van der Waals surface area contributed by atoms with Gasteiger partial charge in [-0.15, -0.1) is 0 Å². The van der Waals surface area contributed by atoms with Gasteiger partial charge in [-0.05, 0) is 43.2 Å². The molecule has 4 aromatic rings. The van der Waals surface area contributed by atoms with E-state index in [0.717, 1.165) is 34.4 Å². The van der Waals surface area contributed by atoms with Crippen molar-refractivity contribution >= 4 is 21.9 Å². The first-order valence-electron chi connectivity index (χ1n) is 9.32. The van der Waals surface area contributed by atoms with Crippen LogP contribution in [-0.2, 0) is 17.8 Å². The molecule has 28 heavy (non-hydrogen) atoms. The number of methoxy groups -OCH3 is 1. The highest BCUT2D eigenvalue weighted by atomic mass is 16.5. The lowest BCUT2D eigenvalue weighted by Crippen LogP contribution is -2.00. The second-order valence-corrected chi connectivity index (χ2v) is 6.74. The van der Waals surface area contributed by atoms with E-state index in [1.807, 2.05) is 49.4 Å². The average molecular weight is 378 g/mol. The summed E-state index contributed by atoms with van der Waals surface area (Å²) in [4.78, 5) is 12.3. The summed E-state index contributed by atoms with van der Waals surface area (Å²) in [7, 11) is 1.65. The fraction of sp³-hybridized carbons (Fsp3) is 0.261. The fourth-order valence-corrected chi connectivity index (χ4v) is 3.38. The lowest BCUT2D eigenvalue weighted by molar-refractivity contribution is 0.118. The third kappa shape index (κ3) is 3.53. The predicted octanol–water partition coefficient (Wildman–Crippen LogP) is 5.01. The second kappa shape index (κ2) is 7.90. The SMILES string of the molecule is COc1ccc(COCCCc2oc3c(c2C)c(=O)oc2ccccc23)cc1. The van der Waals surface area contributed by atoms with Gasteiger partial charge in [0.05, 0.1) is 19.1 Å². The van der Waals surface area contributed by atoms with Crippen LogP contribution in [0.3, 0.4) is 0 Å². The summed E-state index contributed by atoms with van der Waals surface area (Å²) < 4.78 is 22.4. The third-order valence-electron chi connectivity index (χ3n) is 4.90. The maximum atomic E-state index is 12.3. The van der Waals surface area contributed by atoms with E-state index in [9.17, 15) is 4.79 Å². The Bertz CT molecular complexity index is 1150. The van der Waals surface area contributed by atoms with Crippen LogP contribution in [0.5, 0.6) is 5.75 Å². The summed E-state index contributed by atoms with van der Waals surface area (Å²) in [6.45, 7) is 3.07. The molecule has 144 valence electrons. The molecule has 0 aliphatic carbocycles. The van der Waals surface area contributed by atoms with E-state index in [-0.39, 0.29) is 5.63 Å². The number of fused-ring (bicyclic) bond motifs is 3. The van der Waals surface area contributed by atoms with Gasteiger partial charge in [0.15, 0.2) is 5.58 Å². The van der Waals surface area contributed by atoms with Crippen LogP contribution in [-0.4, -0.2) is 13.7 Å². The van der Waals surface area contributed by atoms with Crippen LogP contribution in [0, 0.1) is 6.92 Å². The van der Waals surface area contributed by atoms with E-state index in [1.165, 1.54) is 0 Å². The van der Waals surface area contributed by atoms with E-state index >= 15 is 0 Å². The van der Waals surface area contributed by atoms with Gasteiger partial charge in [-0.1, -0.05) is 24.3 Å². The molecule has 0 amide bonds. The maximum Gasteiger partial charge on any atom is 0.347 e. The van der Waals surface area contributed by atoms with Crippen LogP contribution in [0.2, 0.25) is 0 Å². The summed E-state index contributed by atoms with van der Waals surface area (Å²) in [5.41, 5.74) is 2.76. The van der Waals surface area contributed by atoms with Gasteiger partial charge >= 0.3 is 5.63 Å². The van der Waals surface area contributed by atoms with Gasteiger partial charge in [0, 0.05) is 18.6 Å². The number of aryl methyl sites for hydroxylation is 2. The van der Waals surface area contributed by atoms with Gasteiger partial charge in [-0.25, -0.2) is 4.79 Å².